The number of esters is 2. The fourth-order valence-electron chi connectivity index (χ4n) is 0.833. The Kier molecular flexibility index (Phi) is 13.0. The molecule has 0 aromatic heterocycles. The third kappa shape index (κ3) is 14.1. The first-order chi connectivity index (χ1) is 9.76. The van der Waals surface area contributed by atoms with Crippen molar-refractivity contribution >= 4 is 11.9 Å². The maximum absolute atomic E-state index is 10.8. The van der Waals surface area contributed by atoms with E-state index in [1.54, 1.807) is 20.8 Å². The summed E-state index contributed by atoms with van der Waals surface area (Å²) >= 11 is 0. The Bertz CT molecular complexity index is 409. The molecule has 0 amide bonds. The molecule has 0 spiro atoms. The van der Waals surface area contributed by atoms with Crippen LogP contribution in [0, 0.1) is 11.3 Å². The molecule has 0 aromatic rings. The van der Waals surface area contributed by atoms with Crippen LogP contribution in [0.1, 0.15) is 34.1 Å². The second-order valence-corrected chi connectivity index (χ2v) is 4.03. The van der Waals surface area contributed by atoms with Crippen LogP contribution in [-0.4, -0.2) is 31.4 Å². The topological polar surface area (TPSA) is 85.6 Å². The number of carbonyl (C=O) groups is 2. The summed E-state index contributed by atoms with van der Waals surface area (Å²) in [4.78, 5) is 21.4. The van der Waals surface area contributed by atoms with Gasteiger partial charge in [0, 0.05) is 17.8 Å². The second kappa shape index (κ2) is 12.9. The van der Waals surface area contributed by atoms with Gasteiger partial charge in [0.1, 0.15) is 6.61 Å². The molecule has 0 saturated carbocycles. The van der Waals surface area contributed by atoms with Crippen molar-refractivity contribution in [2.75, 3.05) is 13.2 Å². The quantitative estimate of drug-likeness (QED) is 0.310. The number of hydrogen-bond donors (Lipinski definition) is 0. The molecule has 6 nitrogen and oxygen atoms in total. The van der Waals surface area contributed by atoms with E-state index in [2.05, 4.69) is 17.9 Å². The molecule has 21 heavy (non-hydrogen) atoms. The highest BCUT2D eigenvalue weighted by atomic mass is 16.7. The van der Waals surface area contributed by atoms with Crippen LogP contribution >= 0.6 is 0 Å². The van der Waals surface area contributed by atoms with E-state index < -0.39 is 18.2 Å². The summed E-state index contributed by atoms with van der Waals surface area (Å²) in [5, 5.41) is 8.05. The van der Waals surface area contributed by atoms with Crippen LogP contribution in [0.3, 0.4) is 0 Å². The van der Waals surface area contributed by atoms with Crippen LogP contribution in [0.2, 0.25) is 0 Å². The first-order valence-electron chi connectivity index (χ1n) is 6.43. The monoisotopic (exact) mass is 297 g/mol. The molecule has 0 aromatic carbocycles. The van der Waals surface area contributed by atoms with Crippen LogP contribution in [0.15, 0.2) is 24.3 Å². The first kappa shape index (κ1) is 21.2. The van der Waals surface area contributed by atoms with E-state index in [4.69, 9.17) is 14.7 Å². The first-order valence-corrected chi connectivity index (χ1v) is 6.43. The zero-order valence-electron chi connectivity index (χ0n) is 13.1. The Balaban J connectivity index is 0. The smallest absolute Gasteiger partial charge is 0.335 e. The third-order valence-corrected chi connectivity index (χ3v) is 1.82. The zero-order chi connectivity index (χ0) is 16.8. The van der Waals surface area contributed by atoms with Gasteiger partial charge in [0.05, 0.1) is 12.5 Å². The van der Waals surface area contributed by atoms with Crippen molar-refractivity contribution in [3.8, 4) is 6.07 Å². The minimum Gasteiger partial charge on any atom is -0.461 e. The fraction of sp³-hybridized carbons (Fsp3) is 0.533. The van der Waals surface area contributed by atoms with Crippen LogP contribution in [-0.2, 0) is 23.8 Å². The Morgan fingerprint density at radius 1 is 1.19 bits per heavy atom. The van der Waals surface area contributed by atoms with Gasteiger partial charge in [-0.25, -0.2) is 9.59 Å². The molecule has 1 atom stereocenters. The van der Waals surface area contributed by atoms with Crippen molar-refractivity contribution in [2.24, 2.45) is 0 Å². The fourth-order valence-corrected chi connectivity index (χ4v) is 0.833. The number of hydrogen-bond acceptors (Lipinski definition) is 6. The largest absolute Gasteiger partial charge is 0.461 e. The molecule has 0 heterocycles. The van der Waals surface area contributed by atoms with Gasteiger partial charge in [-0.05, 0) is 27.7 Å². The number of nitriles is 1. The molecule has 0 saturated heterocycles. The number of rotatable bonds is 7. The van der Waals surface area contributed by atoms with Crippen molar-refractivity contribution in [3.05, 3.63) is 24.3 Å². The van der Waals surface area contributed by atoms with E-state index in [9.17, 15) is 9.59 Å². The van der Waals surface area contributed by atoms with E-state index in [1.807, 2.05) is 13.0 Å². The summed E-state index contributed by atoms with van der Waals surface area (Å²) in [5.74, 6) is -0.846. The van der Waals surface area contributed by atoms with E-state index in [0.29, 0.717) is 17.8 Å². The molecule has 0 aliphatic heterocycles. The molecule has 0 rings (SSSR count). The van der Waals surface area contributed by atoms with Crippen molar-refractivity contribution in [3.63, 3.8) is 0 Å². The van der Waals surface area contributed by atoms with Gasteiger partial charge < -0.3 is 14.2 Å². The number of ether oxygens (including phenoxy) is 3. The van der Waals surface area contributed by atoms with Gasteiger partial charge >= 0.3 is 11.9 Å². The Hall–Kier alpha value is -2.13. The molecule has 0 radical (unpaired) electrons. The lowest BCUT2D eigenvalue weighted by Crippen LogP contribution is -2.18. The Labute approximate surface area is 126 Å². The zero-order valence-corrected chi connectivity index (χ0v) is 13.1. The lowest BCUT2D eigenvalue weighted by Gasteiger charge is -2.11. The molecular weight excluding hydrogens is 274 g/mol. The summed E-state index contributed by atoms with van der Waals surface area (Å²) in [6, 6.07) is 1.86. The van der Waals surface area contributed by atoms with Gasteiger partial charge in [-0.2, -0.15) is 5.26 Å². The standard InChI is InChI=1S/C8H14O3.C7H9NO2/c1-5-10-7(4)11-8(9)6(2)3;1-6(2)7(9)10-5-3-4-8/h7H,2,5H2,1,3-4H3;1,3,5H2,2H3. The summed E-state index contributed by atoms with van der Waals surface area (Å²) in [5.41, 5.74) is 0.745. The molecule has 0 aliphatic rings. The highest BCUT2D eigenvalue weighted by Crippen LogP contribution is 1.98. The number of nitrogens with zero attached hydrogens (tertiary/aromatic N) is 1. The molecule has 0 bridgehead atoms. The van der Waals surface area contributed by atoms with Crippen molar-refractivity contribution in [1.82, 2.24) is 0 Å². The van der Waals surface area contributed by atoms with Gasteiger partial charge in [0.25, 0.3) is 0 Å². The highest BCUT2D eigenvalue weighted by Gasteiger charge is 2.08. The van der Waals surface area contributed by atoms with Crippen LogP contribution < -0.4 is 0 Å². The third-order valence-electron chi connectivity index (χ3n) is 1.82. The van der Waals surface area contributed by atoms with Crippen molar-refractivity contribution in [2.45, 2.75) is 40.4 Å². The molecule has 6 heteroatoms. The minimum atomic E-state index is -0.482. The van der Waals surface area contributed by atoms with Crippen LogP contribution in [0.25, 0.3) is 0 Å². The molecule has 0 fully saturated rings. The summed E-state index contributed by atoms with van der Waals surface area (Å²) in [7, 11) is 0. The van der Waals surface area contributed by atoms with E-state index in [0.717, 1.165) is 0 Å². The van der Waals surface area contributed by atoms with Crippen LogP contribution in [0.4, 0.5) is 0 Å². The summed E-state index contributed by atoms with van der Waals surface area (Å²) in [6.07, 6.45) is -0.247. The van der Waals surface area contributed by atoms with Gasteiger partial charge in [0.15, 0.2) is 6.29 Å². The molecular formula is C15H23NO5. The number of carbonyl (C=O) groups excluding carboxylic acids is 2. The van der Waals surface area contributed by atoms with Crippen molar-refractivity contribution in [1.29, 1.82) is 5.26 Å². The van der Waals surface area contributed by atoms with Gasteiger partial charge in [-0.1, -0.05) is 13.2 Å². The molecule has 0 N–H and O–H groups in total. The van der Waals surface area contributed by atoms with Gasteiger partial charge in [-0.15, -0.1) is 0 Å². The Morgan fingerprint density at radius 2 is 1.71 bits per heavy atom. The molecule has 118 valence electrons. The van der Waals surface area contributed by atoms with Crippen LogP contribution in [0.5, 0.6) is 0 Å². The minimum absolute atomic E-state index is 0.155. The predicted molar refractivity (Wildman–Crippen MR) is 78.0 cm³/mol. The normalized spacial score (nSPS) is 10.2. The predicted octanol–water partition coefficient (Wildman–Crippen LogP) is 2.51. The second-order valence-electron chi connectivity index (χ2n) is 4.03. The summed E-state index contributed by atoms with van der Waals surface area (Å²) in [6.45, 7) is 14.2. The molecule has 0 aliphatic carbocycles. The maximum atomic E-state index is 10.8. The average molecular weight is 297 g/mol. The van der Waals surface area contributed by atoms with Gasteiger partial charge in [0.2, 0.25) is 0 Å². The SMILES string of the molecule is C=C(C)C(=O)OC(C)OCC.C=C(C)C(=O)OCCC#N. The van der Waals surface area contributed by atoms with Gasteiger partial charge in [-0.3, -0.25) is 0 Å². The maximum Gasteiger partial charge on any atom is 0.335 e. The summed E-state index contributed by atoms with van der Waals surface area (Å²) < 4.78 is 14.4. The lowest BCUT2D eigenvalue weighted by atomic mass is 10.4. The lowest BCUT2D eigenvalue weighted by molar-refractivity contribution is -0.169. The van der Waals surface area contributed by atoms with E-state index in [-0.39, 0.29) is 13.0 Å². The highest BCUT2D eigenvalue weighted by molar-refractivity contribution is 5.87. The van der Waals surface area contributed by atoms with E-state index in [1.165, 1.54) is 0 Å². The Morgan fingerprint density at radius 3 is 2.10 bits per heavy atom. The van der Waals surface area contributed by atoms with E-state index >= 15 is 0 Å². The average Bonchev–Trinajstić information content (AvgIpc) is 2.39. The molecule has 1 unspecified atom stereocenters. The van der Waals surface area contributed by atoms with Crippen molar-refractivity contribution < 1.29 is 23.8 Å².